The van der Waals surface area contributed by atoms with E-state index in [1.807, 2.05) is 10.8 Å². The maximum Gasteiger partial charge on any atom is 0.154 e. The fourth-order valence-electron chi connectivity index (χ4n) is 1.76. The number of imidazole rings is 1. The number of hydrogen-bond acceptors (Lipinski definition) is 4. The molecule has 90 valence electrons. The van der Waals surface area contributed by atoms with Gasteiger partial charge in [-0.1, -0.05) is 6.92 Å². The molecule has 0 aliphatic rings. The zero-order valence-corrected chi connectivity index (χ0v) is 10.0. The fourth-order valence-corrected chi connectivity index (χ4v) is 1.76. The Morgan fingerprint density at radius 2 is 2.18 bits per heavy atom. The van der Waals surface area contributed by atoms with E-state index in [0.717, 1.165) is 13.0 Å². The van der Waals surface area contributed by atoms with Crippen molar-refractivity contribution in [3.05, 3.63) is 42.0 Å². The highest BCUT2D eigenvalue weighted by Crippen LogP contribution is 2.18. The van der Waals surface area contributed by atoms with Gasteiger partial charge in [0.2, 0.25) is 0 Å². The normalized spacial score (nSPS) is 12.6. The Bertz CT molecular complexity index is 495. The van der Waals surface area contributed by atoms with Crippen LogP contribution < -0.4 is 0 Å². The Morgan fingerprint density at radius 1 is 1.35 bits per heavy atom. The molecule has 0 spiro atoms. The highest BCUT2D eigenvalue weighted by molar-refractivity contribution is 5.14. The van der Waals surface area contributed by atoms with Gasteiger partial charge in [0.15, 0.2) is 6.10 Å². The van der Waals surface area contributed by atoms with Crippen LogP contribution in [0.2, 0.25) is 0 Å². The van der Waals surface area contributed by atoms with Gasteiger partial charge in [0, 0.05) is 25.1 Å². The fraction of sp³-hybridized carbons (Fsp3) is 0.417. The Morgan fingerprint density at radius 3 is 2.88 bits per heavy atom. The maximum absolute atomic E-state index is 10.2. The van der Waals surface area contributed by atoms with Gasteiger partial charge < -0.3 is 9.67 Å². The van der Waals surface area contributed by atoms with E-state index in [0.29, 0.717) is 17.3 Å². The van der Waals surface area contributed by atoms with Crippen LogP contribution >= 0.6 is 0 Å². The summed E-state index contributed by atoms with van der Waals surface area (Å²) in [4.78, 5) is 12.4. The van der Waals surface area contributed by atoms with Gasteiger partial charge in [-0.05, 0) is 19.4 Å². The van der Waals surface area contributed by atoms with Crippen molar-refractivity contribution in [2.24, 2.45) is 0 Å². The van der Waals surface area contributed by atoms with Gasteiger partial charge in [-0.3, -0.25) is 0 Å². The number of aryl methyl sites for hydroxylation is 2. The zero-order chi connectivity index (χ0) is 12.3. The van der Waals surface area contributed by atoms with Crippen LogP contribution in [0.5, 0.6) is 0 Å². The standard InChI is InChI=1S/C12H16N4O/c1-3-7-16-8-6-14-12(16)11(17)10-4-5-13-9(2)15-10/h4-6,8,11,17H,3,7H2,1-2H3. The van der Waals surface area contributed by atoms with E-state index in [1.165, 1.54) is 0 Å². The van der Waals surface area contributed by atoms with Gasteiger partial charge in [-0.25, -0.2) is 15.0 Å². The number of rotatable bonds is 4. The average Bonchev–Trinajstić information content (AvgIpc) is 2.77. The first-order valence-corrected chi connectivity index (χ1v) is 5.71. The maximum atomic E-state index is 10.2. The molecule has 5 heteroatoms. The van der Waals surface area contributed by atoms with Crippen LogP contribution in [0.25, 0.3) is 0 Å². The summed E-state index contributed by atoms with van der Waals surface area (Å²) in [6.07, 6.45) is 5.42. The number of hydrogen-bond donors (Lipinski definition) is 1. The second-order valence-electron chi connectivity index (χ2n) is 3.91. The first-order chi connectivity index (χ1) is 8.22. The van der Waals surface area contributed by atoms with E-state index in [1.54, 1.807) is 25.4 Å². The highest BCUT2D eigenvalue weighted by Gasteiger charge is 2.17. The van der Waals surface area contributed by atoms with Crippen molar-refractivity contribution in [3.8, 4) is 0 Å². The van der Waals surface area contributed by atoms with Crippen LogP contribution in [0.1, 0.15) is 36.8 Å². The molecule has 0 fully saturated rings. The molecule has 0 aliphatic carbocycles. The third-order valence-electron chi connectivity index (χ3n) is 2.53. The molecule has 0 radical (unpaired) electrons. The summed E-state index contributed by atoms with van der Waals surface area (Å²) >= 11 is 0. The van der Waals surface area contributed by atoms with Crippen LogP contribution in [-0.2, 0) is 6.54 Å². The first-order valence-electron chi connectivity index (χ1n) is 5.71. The zero-order valence-electron chi connectivity index (χ0n) is 10.0. The molecule has 0 saturated heterocycles. The predicted octanol–water partition coefficient (Wildman–Crippen LogP) is 1.47. The topological polar surface area (TPSA) is 63.8 Å². The lowest BCUT2D eigenvalue weighted by Crippen LogP contribution is -2.11. The third kappa shape index (κ3) is 2.50. The van der Waals surface area contributed by atoms with E-state index in [-0.39, 0.29) is 0 Å². The smallest absolute Gasteiger partial charge is 0.154 e. The van der Waals surface area contributed by atoms with Gasteiger partial charge >= 0.3 is 0 Å². The van der Waals surface area contributed by atoms with E-state index < -0.39 is 6.10 Å². The second-order valence-corrected chi connectivity index (χ2v) is 3.91. The monoisotopic (exact) mass is 232 g/mol. The Balaban J connectivity index is 2.30. The van der Waals surface area contributed by atoms with Gasteiger partial charge in [0.05, 0.1) is 5.69 Å². The number of aliphatic hydroxyl groups is 1. The average molecular weight is 232 g/mol. The van der Waals surface area contributed by atoms with E-state index in [4.69, 9.17) is 0 Å². The minimum atomic E-state index is -0.793. The molecule has 0 bridgehead atoms. The lowest BCUT2D eigenvalue weighted by atomic mass is 10.2. The van der Waals surface area contributed by atoms with Crippen LogP contribution in [0, 0.1) is 6.92 Å². The summed E-state index contributed by atoms with van der Waals surface area (Å²) < 4.78 is 1.95. The number of aromatic nitrogens is 4. The molecular weight excluding hydrogens is 216 g/mol. The van der Waals surface area contributed by atoms with Crippen molar-refractivity contribution in [1.82, 2.24) is 19.5 Å². The van der Waals surface area contributed by atoms with Crippen LogP contribution in [0.4, 0.5) is 0 Å². The molecule has 2 aromatic heterocycles. The minimum absolute atomic E-state index is 0.584. The van der Waals surface area contributed by atoms with Gasteiger partial charge in [-0.15, -0.1) is 0 Å². The molecule has 5 nitrogen and oxygen atoms in total. The molecule has 0 saturated carbocycles. The third-order valence-corrected chi connectivity index (χ3v) is 2.53. The molecule has 2 rings (SSSR count). The summed E-state index contributed by atoms with van der Waals surface area (Å²) in [7, 11) is 0. The second kappa shape index (κ2) is 5.05. The quantitative estimate of drug-likeness (QED) is 0.867. The van der Waals surface area contributed by atoms with Crippen molar-refractivity contribution in [2.75, 3.05) is 0 Å². The molecule has 0 aliphatic heterocycles. The molecule has 1 unspecified atom stereocenters. The van der Waals surface area contributed by atoms with Crippen molar-refractivity contribution < 1.29 is 5.11 Å². The summed E-state index contributed by atoms with van der Waals surface area (Å²) in [6.45, 7) is 4.73. The Labute approximate surface area is 100 Å². The Hall–Kier alpha value is -1.75. The van der Waals surface area contributed by atoms with E-state index in [9.17, 15) is 5.11 Å². The van der Waals surface area contributed by atoms with Gasteiger partial charge in [0.1, 0.15) is 11.6 Å². The molecule has 2 aromatic rings. The van der Waals surface area contributed by atoms with E-state index in [2.05, 4.69) is 21.9 Å². The number of nitrogens with zero attached hydrogens (tertiary/aromatic N) is 4. The molecule has 0 aromatic carbocycles. The van der Waals surface area contributed by atoms with Crippen LogP contribution in [0.15, 0.2) is 24.7 Å². The minimum Gasteiger partial charge on any atom is -0.379 e. The molecule has 1 N–H and O–H groups in total. The summed E-state index contributed by atoms with van der Waals surface area (Å²) in [5, 5.41) is 10.2. The highest BCUT2D eigenvalue weighted by atomic mass is 16.3. The summed E-state index contributed by atoms with van der Waals surface area (Å²) in [5.41, 5.74) is 0.584. The predicted molar refractivity (Wildman–Crippen MR) is 63.3 cm³/mol. The first kappa shape index (κ1) is 11.7. The lowest BCUT2D eigenvalue weighted by Gasteiger charge is -2.12. The lowest BCUT2D eigenvalue weighted by molar-refractivity contribution is 0.199. The van der Waals surface area contributed by atoms with Crippen molar-refractivity contribution in [3.63, 3.8) is 0 Å². The largest absolute Gasteiger partial charge is 0.379 e. The molecule has 0 amide bonds. The van der Waals surface area contributed by atoms with Crippen molar-refractivity contribution in [1.29, 1.82) is 0 Å². The van der Waals surface area contributed by atoms with Gasteiger partial charge in [0.25, 0.3) is 0 Å². The van der Waals surface area contributed by atoms with Crippen LogP contribution in [-0.4, -0.2) is 24.6 Å². The summed E-state index contributed by atoms with van der Waals surface area (Å²) in [6, 6.07) is 1.71. The van der Waals surface area contributed by atoms with Crippen molar-refractivity contribution in [2.45, 2.75) is 32.9 Å². The SMILES string of the molecule is CCCn1ccnc1C(O)c1ccnc(C)n1. The van der Waals surface area contributed by atoms with Crippen molar-refractivity contribution >= 4 is 0 Å². The Kier molecular flexibility index (Phi) is 3.49. The van der Waals surface area contributed by atoms with E-state index >= 15 is 0 Å². The number of aliphatic hydroxyl groups excluding tert-OH is 1. The molecule has 17 heavy (non-hydrogen) atoms. The van der Waals surface area contributed by atoms with Crippen LogP contribution in [0.3, 0.4) is 0 Å². The molecule has 1 atom stereocenters. The summed E-state index contributed by atoms with van der Waals surface area (Å²) in [5.74, 6) is 1.28. The van der Waals surface area contributed by atoms with Gasteiger partial charge in [-0.2, -0.15) is 0 Å². The molecule has 2 heterocycles. The molecular formula is C12H16N4O.